The van der Waals surface area contributed by atoms with Gasteiger partial charge in [-0.1, -0.05) is 6.92 Å². The van der Waals surface area contributed by atoms with Crippen LogP contribution in [0.2, 0.25) is 0 Å². The molecule has 8 heteroatoms. The Morgan fingerprint density at radius 1 is 1.22 bits per heavy atom. The highest BCUT2D eigenvalue weighted by Crippen LogP contribution is 2.18. The normalized spacial score (nSPS) is 19.2. The van der Waals surface area contributed by atoms with E-state index in [1.165, 1.54) is 4.90 Å². The predicted octanol–water partition coefficient (Wildman–Crippen LogP) is 2.22. The minimum Gasteiger partial charge on any atom is -0.341 e. The van der Waals surface area contributed by atoms with E-state index in [2.05, 4.69) is 0 Å². The van der Waals surface area contributed by atoms with Crippen LogP contribution >= 0.6 is 0 Å². The summed E-state index contributed by atoms with van der Waals surface area (Å²) in [6, 6.07) is -0.125. The molecule has 0 aliphatic carbocycles. The lowest BCUT2D eigenvalue weighted by Crippen LogP contribution is -2.48. The molecular weight excluding hydrogens is 359 g/mol. The average Bonchev–Trinajstić information content (AvgIpc) is 2.73. The van der Waals surface area contributed by atoms with E-state index in [-0.39, 0.29) is 30.2 Å². The third kappa shape index (κ3) is 5.22. The van der Waals surface area contributed by atoms with Gasteiger partial charge in [0.15, 0.2) is 11.6 Å². The summed E-state index contributed by atoms with van der Waals surface area (Å²) in [7, 11) is 0. The first-order valence-electron chi connectivity index (χ1n) is 9.21. The van der Waals surface area contributed by atoms with Crippen LogP contribution < -0.4 is 5.73 Å². The topological polar surface area (TPSA) is 66.6 Å². The van der Waals surface area contributed by atoms with Crippen molar-refractivity contribution in [1.82, 2.24) is 9.80 Å². The molecule has 1 aromatic rings. The summed E-state index contributed by atoms with van der Waals surface area (Å²) in [6.45, 7) is 5.38. The largest absolute Gasteiger partial charge is 0.341 e. The molecule has 5 nitrogen and oxygen atoms in total. The SMILES string of the molecule is CCCN1CCCN(C(=O)C[C@H](N)Cc2cc(F)c(F)cc2F)[C@H](C)C1=O. The Hall–Kier alpha value is -2.09. The number of carbonyl (C=O) groups is 2. The molecule has 1 heterocycles. The highest BCUT2D eigenvalue weighted by Gasteiger charge is 2.32. The molecule has 1 aliphatic heterocycles. The van der Waals surface area contributed by atoms with Gasteiger partial charge in [-0.2, -0.15) is 0 Å². The molecule has 2 atom stereocenters. The molecule has 1 fully saturated rings. The van der Waals surface area contributed by atoms with Crippen LogP contribution in [0.3, 0.4) is 0 Å². The molecule has 2 amide bonds. The van der Waals surface area contributed by atoms with Crippen LogP contribution in [0, 0.1) is 17.5 Å². The third-order valence-electron chi connectivity index (χ3n) is 4.79. The van der Waals surface area contributed by atoms with E-state index in [0.717, 1.165) is 12.5 Å². The second kappa shape index (κ2) is 9.21. The van der Waals surface area contributed by atoms with E-state index in [9.17, 15) is 22.8 Å². The van der Waals surface area contributed by atoms with Crippen LogP contribution in [0.1, 0.15) is 38.7 Å². The molecule has 2 N–H and O–H groups in total. The molecule has 0 radical (unpaired) electrons. The Kier molecular flexibility index (Phi) is 7.24. The van der Waals surface area contributed by atoms with E-state index < -0.39 is 29.5 Å². The number of amides is 2. The van der Waals surface area contributed by atoms with Crippen molar-refractivity contribution in [3.8, 4) is 0 Å². The summed E-state index contributed by atoms with van der Waals surface area (Å²) in [5, 5.41) is 0. The lowest BCUT2D eigenvalue weighted by Gasteiger charge is -2.29. The van der Waals surface area contributed by atoms with Crippen molar-refractivity contribution >= 4 is 11.8 Å². The number of benzene rings is 1. The Balaban J connectivity index is 2.01. The minimum absolute atomic E-state index is 0.0803. The smallest absolute Gasteiger partial charge is 0.245 e. The molecule has 1 aliphatic rings. The van der Waals surface area contributed by atoms with Crippen molar-refractivity contribution in [2.24, 2.45) is 5.73 Å². The van der Waals surface area contributed by atoms with Crippen molar-refractivity contribution in [3.63, 3.8) is 0 Å². The fourth-order valence-corrected chi connectivity index (χ4v) is 3.38. The maximum atomic E-state index is 13.8. The number of rotatable bonds is 6. The Bertz CT molecular complexity index is 699. The van der Waals surface area contributed by atoms with E-state index >= 15 is 0 Å². The molecule has 0 aromatic heterocycles. The van der Waals surface area contributed by atoms with Gasteiger partial charge in [0.05, 0.1) is 0 Å². The number of halogens is 3. The van der Waals surface area contributed by atoms with Gasteiger partial charge in [-0.05, 0) is 37.8 Å². The van der Waals surface area contributed by atoms with Crippen LogP contribution in [0.15, 0.2) is 12.1 Å². The van der Waals surface area contributed by atoms with Crippen LogP contribution in [-0.2, 0) is 16.0 Å². The van der Waals surface area contributed by atoms with Crippen LogP contribution in [0.4, 0.5) is 13.2 Å². The van der Waals surface area contributed by atoms with Gasteiger partial charge in [0.1, 0.15) is 11.9 Å². The van der Waals surface area contributed by atoms with Crippen molar-refractivity contribution in [2.75, 3.05) is 19.6 Å². The zero-order chi connectivity index (χ0) is 20.1. The number of hydrogen-bond acceptors (Lipinski definition) is 3. The summed E-state index contributed by atoms with van der Waals surface area (Å²) in [5.74, 6) is -3.72. The van der Waals surface area contributed by atoms with E-state index in [0.29, 0.717) is 32.1 Å². The monoisotopic (exact) mass is 385 g/mol. The van der Waals surface area contributed by atoms with Crippen molar-refractivity contribution in [1.29, 1.82) is 0 Å². The molecule has 1 aromatic carbocycles. The number of carbonyl (C=O) groups excluding carboxylic acids is 2. The van der Waals surface area contributed by atoms with Crippen molar-refractivity contribution in [3.05, 3.63) is 35.1 Å². The number of hydrogen-bond donors (Lipinski definition) is 1. The molecule has 27 heavy (non-hydrogen) atoms. The van der Waals surface area contributed by atoms with E-state index in [4.69, 9.17) is 5.73 Å². The molecule has 1 saturated heterocycles. The first kappa shape index (κ1) is 21.2. The highest BCUT2D eigenvalue weighted by molar-refractivity contribution is 5.88. The Morgan fingerprint density at radius 2 is 1.89 bits per heavy atom. The van der Waals surface area contributed by atoms with Gasteiger partial charge in [-0.3, -0.25) is 9.59 Å². The molecule has 0 spiro atoms. The molecular formula is C19H26F3N3O2. The summed E-state index contributed by atoms with van der Waals surface area (Å²) < 4.78 is 40.1. The average molecular weight is 385 g/mol. The fraction of sp³-hybridized carbons (Fsp3) is 0.579. The second-order valence-electron chi connectivity index (χ2n) is 6.97. The third-order valence-corrected chi connectivity index (χ3v) is 4.79. The summed E-state index contributed by atoms with van der Waals surface area (Å²) >= 11 is 0. The van der Waals surface area contributed by atoms with Crippen molar-refractivity contribution < 1.29 is 22.8 Å². The minimum atomic E-state index is -1.27. The van der Waals surface area contributed by atoms with Gasteiger partial charge < -0.3 is 15.5 Å². The zero-order valence-corrected chi connectivity index (χ0v) is 15.7. The van der Waals surface area contributed by atoms with Crippen LogP contribution in [0.5, 0.6) is 0 Å². The van der Waals surface area contributed by atoms with E-state index in [1.54, 1.807) is 11.8 Å². The molecule has 0 saturated carbocycles. The summed E-state index contributed by atoms with van der Waals surface area (Å²) in [6.07, 6.45) is 1.31. The van der Waals surface area contributed by atoms with Crippen LogP contribution in [-0.4, -0.2) is 53.3 Å². The summed E-state index contributed by atoms with van der Waals surface area (Å²) in [4.78, 5) is 28.4. The van der Waals surface area contributed by atoms with Crippen LogP contribution in [0.25, 0.3) is 0 Å². The molecule has 0 bridgehead atoms. The number of nitrogens with zero attached hydrogens (tertiary/aromatic N) is 2. The Morgan fingerprint density at radius 3 is 2.56 bits per heavy atom. The quantitative estimate of drug-likeness (QED) is 0.764. The molecule has 150 valence electrons. The number of nitrogens with two attached hydrogens (primary N) is 1. The highest BCUT2D eigenvalue weighted by atomic mass is 19.2. The summed E-state index contributed by atoms with van der Waals surface area (Å²) in [5.41, 5.74) is 5.86. The second-order valence-corrected chi connectivity index (χ2v) is 6.97. The standard InChI is InChI=1S/C19H26F3N3O2/c1-3-5-24-6-4-7-25(12(2)19(24)27)18(26)10-14(23)8-13-9-16(21)17(22)11-15(13)20/h9,11-12,14H,3-8,10,23H2,1-2H3/t12-,14-/m1/s1. The maximum Gasteiger partial charge on any atom is 0.245 e. The van der Waals surface area contributed by atoms with Gasteiger partial charge in [0.2, 0.25) is 11.8 Å². The maximum absolute atomic E-state index is 13.8. The Labute approximate surface area is 157 Å². The van der Waals surface area contributed by atoms with Gasteiger partial charge in [0, 0.05) is 38.2 Å². The lowest BCUT2D eigenvalue weighted by molar-refractivity contribution is -0.143. The van der Waals surface area contributed by atoms with Gasteiger partial charge >= 0.3 is 0 Å². The molecule has 0 unspecified atom stereocenters. The predicted molar refractivity (Wildman–Crippen MR) is 95.3 cm³/mol. The van der Waals surface area contributed by atoms with Gasteiger partial charge in [-0.15, -0.1) is 0 Å². The van der Waals surface area contributed by atoms with Crippen molar-refractivity contribution in [2.45, 2.75) is 51.6 Å². The van der Waals surface area contributed by atoms with Gasteiger partial charge in [0.25, 0.3) is 0 Å². The van der Waals surface area contributed by atoms with Gasteiger partial charge in [-0.25, -0.2) is 13.2 Å². The molecule has 2 rings (SSSR count). The fourth-order valence-electron chi connectivity index (χ4n) is 3.38. The first-order valence-corrected chi connectivity index (χ1v) is 9.21. The first-order chi connectivity index (χ1) is 12.7. The zero-order valence-electron chi connectivity index (χ0n) is 15.7. The lowest BCUT2D eigenvalue weighted by atomic mass is 10.0. The van der Waals surface area contributed by atoms with E-state index in [1.807, 2.05) is 6.92 Å².